The van der Waals surface area contributed by atoms with Crippen LogP contribution in [0.2, 0.25) is 0 Å². The number of aliphatic hydroxyl groups is 1. The van der Waals surface area contributed by atoms with Gasteiger partial charge < -0.3 is 24.6 Å². The van der Waals surface area contributed by atoms with Crippen LogP contribution in [0.5, 0.6) is 11.5 Å². The molecule has 5 nitrogen and oxygen atoms in total. The lowest BCUT2D eigenvalue weighted by atomic mass is 10.2. The first-order valence-corrected chi connectivity index (χ1v) is 6.49. The normalized spacial score (nSPS) is 11.9. The molecule has 0 spiro atoms. The van der Waals surface area contributed by atoms with Crippen LogP contribution in [0.1, 0.15) is 5.56 Å². The lowest BCUT2D eigenvalue weighted by Crippen LogP contribution is -2.30. The Morgan fingerprint density at radius 3 is 2.70 bits per heavy atom. The third-order valence-electron chi connectivity index (χ3n) is 2.70. The molecular formula is C15H23NO4. The molecule has 0 heterocycles. The van der Waals surface area contributed by atoms with E-state index in [1.165, 1.54) is 0 Å². The van der Waals surface area contributed by atoms with Gasteiger partial charge in [0.05, 0.1) is 33.5 Å². The minimum atomic E-state index is -0.532. The minimum Gasteiger partial charge on any atom is -0.493 e. The molecule has 0 aliphatic heterocycles. The average Bonchev–Trinajstić information content (AvgIpc) is 2.47. The summed E-state index contributed by atoms with van der Waals surface area (Å²) in [5, 5.41) is 12.7. The lowest BCUT2D eigenvalue weighted by molar-refractivity contribution is 0.0292. The van der Waals surface area contributed by atoms with Gasteiger partial charge in [-0.25, -0.2) is 0 Å². The summed E-state index contributed by atoms with van der Waals surface area (Å²) in [5.41, 5.74) is 0.967. The first-order valence-electron chi connectivity index (χ1n) is 6.49. The Morgan fingerprint density at radius 1 is 1.30 bits per heavy atom. The maximum atomic E-state index is 9.67. The predicted molar refractivity (Wildman–Crippen MR) is 78.3 cm³/mol. The van der Waals surface area contributed by atoms with Gasteiger partial charge in [-0.1, -0.05) is 12.1 Å². The molecule has 112 valence electrons. The average molecular weight is 281 g/mol. The van der Waals surface area contributed by atoms with Gasteiger partial charge in [-0.3, -0.25) is 0 Å². The van der Waals surface area contributed by atoms with Crippen LogP contribution in [0.4, 0.5) is 0 Å². The molecule has 0 aliphatic rings. The molecule has 5 heteroatoms. The Hall–Kier alpha value is -1.56. The molecule has 0 bridgehead atoms. The summed E-state index contributed by atoms with van der Waals surface area (Å²) in [7, 11) is 3.19. The van der Waals surface area contributed by atoms with Crippen LogP contribution >= 0.6 is 0 Å². The van der Waals surface area contributed by atoms with Crippen molar-refractivity contribution in [3.63, 3.8) is 0 Å². The second-order valence-corrected chi connectivity index (χ2v) is 4.31. The molecule has 1 atom stereocenters. The smallest absolute Gasteiger partial charge is 0.161 e. The van der Waals surface area contributed by atoms with E-state index >= 15 is 0 Å². The van der Waals surface area contributed by atoms with Crippen molar-refractivity contribution in [2.24, 2.45) is 0 Å². The molecule has 1 rings (SSSR count). The second-order valence-electron chi connectivity index (χ2n) is 4.31. The fraction of sp³-hybridized carbons (Fsp3) is 0.467. The topological polar surface area (TPSA) is 60.0 Å². The van der Waals surface area contributed by atoms with Gasteiger partial charge in [0, 0.05) is 13.1 Å². The van der Waals surface area contributed by atoms with E-state index in [1.807, 2.05) is 18.2 Å². The van der Waals surface area contributed by atoms with Crippen LogP contribution in [0.25, 0.3) is 0 Å². The van der Waals surface area contributed by atoms with Crippen molar-refractivity contribution in [2.45, 2.75) is 12.7 Å². The maximum absolute atomic E-state index is 9.67. The molecule has 0 fully saturated rings. The molecule has 1 aromatic rings. The molecule has 1 unspecified atom stereocenters. The Balaban J connectivity index is 2.36. The molecule has 0 saturated heterocycles. The second kappa shape index (κ2) is 9.36. The van der Waals surface area contributed by atoms with Crippen LogP contribution < -0.4 is 14.8 Å². The number of hydrogen-bond donors (Lipinski definition) is 2. The first-order chi connectivity index (χ1) is 9.71. The van der Waals surface area contributed by atoms with Crippen molar-refractivity contribution in [1.82, 2.24) is 5.32 Å². The van der Waals surface area contributed by atoms with Gasteiger partial charge in [0.25, 0.3) is 0 Å². The highest BCUT2D eigenvalue weighted by Crippen LogP contribution is 2.27. The van der Waals surface area contributed by atoms with E-state index < -0.39 is 6.10 Å². The van der Waals surface area contributed by atoms with E-state index in [0.29, 0.717) is 31.2 Å². The van der Waals surface area contributed by atoms with Crippen molar-refractivity contribution < 1.29 is 19.3 Å². The quantitative estimate of drug-likeness (QED) is 0.501. The Kier molecular flexibility index (Phi) is 7.72. The van der Waals surface area contributed by atoms with Crippen molar-refractivity contribution in [2.75, 3.05) is 33.9 Å². The third kappa shape index (κ3) is 5.61. The fourth-order valence-electron chi connectivity index (χ4n) is 1.69. The highest BCUT2D eigenvalue weighted by molar-refractivity contribution is 5.42. The summed E-state index contributed by atoms with van der Waals surface area (Å²) in [4.78, 5) is 0. The fourth-order valence-corrected chi connectivity index (χ4v) is 1.69. The van der Waals surface area contributed by atoms with Gasteiger partial charge >= 0.3 is 0 Å². The van der Waals surface area contributed by atoms with Crippen LogP contribution in [0.3, 0.4) is 0 Å². The van der Waals surface area contributed by atoms with Crippen molar-refractivity contribution >= 4 is 0 Å². The monoisotopic (exact) mass is 281 g/mol. The maximum Gasteiger partial charge on any atom is 0.161 e. The van der Waals surface area contributed by atoms with Gasteiger partial charge in [-0.2, -0.15) is 0 Å². The SMILES string of the molecule is C=CCNCC(O)COCc1ccc(OC)c(OC)c1. The molecule has 2 N–H and O–H groups in total. The summed E-state index contributed by atoms with van der Waals surface area (Å²) < 4.78 is 15.9. The Bertz CT molecular complexity index is 409. The molecule has 0 amide bonds. The van der Waals surface area contributed by atoms with Gasteiger partial charge in [-0.15, -0.1) is 6.58 Å². The van der Waals surface area contributed by atoms with Crippen LogP contribution in [-0.2, 0) is 11.3 Å². The number of methoxy groups -OCH3 is 2. The van der Waals surface area contributed by atoms with Gasteiger partial charge in [0.1, 0.15) is 0 Å². The summed E-state index contributed by atoms with van der Waals surface area (Å²) in [6.45, 7) is 5.44. The predicted octanol–water partition coefficient (Wildman–Crippen LogP) is 1.36. The molecule has 1 aromatic carbocycles. The largest absolute Gasteiger partial charge is 0.493 e. The zero-order valence-electron chi connectivity index (χ0n) is 12.1. The van der Waals surface area contributed by atoms with E-state index in [9.17, 15) is 5.11 Å². The number of ether oxygens (including phenoxy) is 3. The standard InChI is InChI=1S/C15H23NO4/c1-4-7-16-9-13(17)11-20-10-12-5-6-14(18-2)15(8-12)19-3/h4-6,8,13,16-17H,1,7,9-11H2,2-3H3. The Labute approximate surface area is 120 Å². The van der Waals surface area contributed by atoms with Crippen LogP contribution in [0, 0.1) is 0 Å². The van der Waals surface area contributed by atoms with Gasteiger partial charge in [0.15, 0.2) is 11.5 Å². The van der Waals surface area contributed by atoms with E-state index in [-0.39, 0.29) is 6.61 Å². The molecule has 0 aromatic heterocycles. The lowest BCUT2D eigenvalue weighted by Gasteiger charge is -2.13. The summed E-state index contributed by atoms with van der Waals surface area (Å²) in [6, 6.07) is 5.60. The molecule has 0 saturated carbocycles. The van der Waals surface area contributed by atoms with Crippen molar-refractivity contribution in [3.05, 3.63) is 36.4 Å². The zero-order valence-corrected chi connectivity index (χ0v) is 12.1. The van der Waals surface area contributed by atoms with Gasteiger partial charge in [0.2, 0.25) is 0 Å². The molecule has 0 radical (unpaired) electrons. The minimum absolute atomic E-state index is 0.276. The third-order valence-corrected chi connectivity index (χ3v) is 2.70. The van der Waals surface area contributed by atoms with Crippen molar-refractivity contribution in [1.29, 1.82) is 0 Å². The zero-order chi connectivity index (χ0) is 14.8. The summed E-state index contributed by atoms with van der Waals surface area (Å²) in [6.07, 6.45) is 1.21. The summed E-state index contributed by atoms with van der Waals surface area (Å²) in [5.74, 6) is 1.35. The summed E-state index contributed by atoms with van der Waals surface area (Å²) >= 11 is 0. The molecular weight excluding hydrogens is 258 g/mol. The van der Waals surface area contributed by atoms with E-state index in [4.69, 9.17) is 14.2 Å². The van der Waals surface area contributed by atoms with Gasteiger partial charge in [-0.05, 0) is 17.7 Å². The molecule has 20 heavy (non-hydrogen) atoms. The number of benzene rings is 1. The van der Waals surface area contributed by atoms with E-state index in [0.717, 1.165) is 5.56 Å². The number of hydrogen-bond acceptors (Lipinski definition) is 5. The van der Waals surface area contributed by atoms with Crippen molar-refractivity contribution in [3.8, 4) is 11.5 Å². The number of aliphatic hydroxyl groups excluding tert-OH is 1. The van der Waals surface area contributed by atoms with Crippen LogP contribution in [-0.4, -0.2) is 45.1 Å². The van der Waals surface area contributed by atoms with E-state index in [1.54, 1.807) is 20.3 Å². The first kappa shape index (κ1) is 16.5. The van der Waals surface area contributed by atoms with Crippen LogP contribution in [0.15, 0.2) is 30.9 Å². The highest BCUT2D eigenvalue weighted by atomic mass is 16.5. The van der Waals surface area contributed by atoms with E-state index in [2.05, 4.69) is 11.9 Å². The number of nitrogens with one attached hydrogen (secondary N) is 1. The Morgan fingerprint density at radius 2 is 2.05 bits per heavy atom. The highest BCUT2D eigenvalue weighted by Gasteiger charge is 2.06. The number of rotatable bonds is 10. The molecule has 0 aliphatic carbocycles.